The van der Waals surface area contributed by atoms with Gasteiger partial charge in [-0.15, -0.1) is 0 Å². The lowest BCUT2D eigenvalue weighted by molar-refractivity contribution is -0.870. The fraction of sp³-hybridized carbons (Fsp3) is 0.846. The van der Waals surface area contributed by atoms with E-state index in [9.17, 15) is 19.0 Å². The molecule has 0 aromatic rings. The normalized spacial score (nSPS) is 13.4. The van der Waals surface area contributed by atoms with Crippen molar-refractivity contribution in [3.8, 4) is 0 Å². The van der Waals surface area contributed by atoms with Gasteiger partial charge in [-0.2, -0.15) is 0 Å². The fourth-order valence-electron chi connectivity index (χ4n) is 11.3. The number of ether oxygens (including phenoxy) is 2. The van der Waals surface area contributed by atoms with Crippen LogP contribution in [0.25, 0.3) is 0 Å². The Morgan fingerprint density at radius 3 is 0.966 bits per heavy atom. The SMILES string of the molecule is CC/C=C\C/C=C\C/C=C\C/C=C\C/C=C\CCCCCCCCCCCCCC(=O)OC(COC(=O)CCCCCCCCCCCCCCCCCCCCCCCCCCCCCCCCCCCCCCC)COP(=O)([O-])OCC[N+](C)(C)C. The quantitative estimate of drug-likeness (QED) is 0.0195. The van der Waals surface area contributed by atoms with Crippen molar-refractivity contribution in [3.63, 3.8) is 0 Å². The van der Waals surface area contributed by atoms with E-state index in [1.165, 1.54) is 263 Å². The number of carbonyl (C=O) groups excluding carboxylic acids is 2. The van der Waals surface area contributed by atoms with E-state index < -0.39 is 26.5 Å². The van der Waals surface area contributed by atoms with Gasteiger partial charge in [0.15, 0.2) is 6.10 Å². The number of carbonyl (C=O) groups is 2. The van der Waals surface area contributed by atoms with Crippen molar-refractivity contribution in [2.75, 3.05) is 47.5 Å². The third kappa shape index (κ3) is 72.8. The molecular formula is C78H146NO8P. The van der Waals surface area contributed by atoms with Crippen LogP contribution >= 0.6 is 7.82 Å². The average Bonchev–Trinajstić information content (AvgIpc) is 3.60. The number of nitrogens with zero attached hydrogens (tertiary/aromatic N) is 1. The Morgan fingerprint density at radius 1 is 0.364 bits per heavy atom. The maximum Gasteiger partial charge on any atom is 0.306 e. The predicted octanol–water partition coefficient (Wildman–Crippen LogP) is 24.3. The van der Waals surface area contributed by atoms with Crippen molar-refractivity contribution in [2.45, 2.75) is 380 Å². The van der Waals surface area contributed by atoms with Gasteiger partial charge in [-0.3, -0.25) is 14.2 Å². The number of likely N-dealkylation sites (N-methyl/N-ethyl adjacent to an activating group) is 1. The molecule has 0 saturated heterocycles. The molecule has 2 unspecified atom stereocenters. The monoisotopic (exact) mass is 1260 g/mol. The van der Waals surface area contributed by atoms with Crippen LogP contribution in [0.15, 0.2) is 60.8 Å². The van der Waals surface area contributed by atoms with E-state index in [1.54, 1.807) is 0 Å². The molecule has 88 heavy (non-hydrogen) atoms. The van der Waals surface area contributed by atoms with E-state index in [0.29, 0.717) is 17.4 Å². The van der Waals surface area contributed by atoms with E-state index in [4.69, 9.17) is 18.5 Å². The Bertz CT molecular complexity index is 1670. The molecule has 0 amide bonds. The molecule has 516 valence electrons. The molecular weight excluding hydrogens is 1110 g/mol. The smallest absolute Gasteiger partial charge is 0.306 e. The Kier molecular flexibility index (Phi) is 67.3. The summed E-state index contributed by atoms with van der Waals surface area (Å²) in [6, 6.07) is 0. The predicted molar refractivity (Wildman–Crippen MR) is 379 cm³/mol. The van der Waals surface area contributed by atoms with Gasteiger partial charge in [-0.1, -0.05) is 364 Å². The summed E-state index contributed by atoms with van der Waals surface area (Å²) >= 11 is 0. The van der Waals surface area contributed by atoms with Gasteiger partial charge in [0.2, 0.25) is 0 Å². The minimum Gasteiger partial charge on any atom is -0.756 e. The van der Waals surface area contributed by atoms with Crippen LogP contribution in [0.5, 0.6) is 0 Å². The van der Waals surface area contributed by atoms with Crippen molar-refractivity contribution in [3.05, 3.63) is 60.8 Å². The van der Waals surface area contributed by atoms with E-state index >= 15 is 0 Å². The van der Waals surface area contributed by atoms with Crippen LogP contribution in [0.1, 0.15) is 373 Å². The van der Waals surface area contributed by atoms with Gasteiger partial charge < -0.3 is 27.9 Å². The second kappa shape index (κ2) is 69.1. The first-order valence-corrected chi connectivity index (χ1v) is 39.5. The highest BCUT2D eigenvalue weighted by atomic mass is 31.2. The molecule has 0 aliphatic heterocycles. The summed E-state index contributed by atoms with van der Waals surface area (Å²) in [4.78, 5) is 38.1. The molecule has 0 N–H and O–H groups in total. The highest BCUT2D eigenvalue weighted by Crippen LogP contribution is 2.38. The number of esters is 2. The number of unbranched alkanes of at least 4 members (excludes halogenated alkanes) is 47. The molecule has 0 aromatic carbocycles. The Morgan fingerprint density at radius 2 is 0.648 bits per heavy atom. The second-order valence-corrected chi connectivity index (χ2v) is 28.4. The van der Waals surface area contributed by atoms with E-state index in [0.717, 1.165) is 77.0 Å². The molecule has 0 spiro atoms. The number of hydrogen-bond donors (Lipinski definition) is 0. The first-order valence-electron chi connectivity index (χ1n) is 38.0. The van der Waals surface area contributed by atoms with Crippen LogP contribution in [0.3, 0.4) is 0 Å². The van der Waals surface area contributed by atoms with Gasteiger partial charge in [0, 0.05) is 12.8 Å². The summed E-state index contributed by atoms with van der Waals surface area (Å²) in [5, 5.41) is 0. The lowest BCUT2D eigenvalue weighted by Gasteiger charge is -2.28. The molecule has 0 aliphatic carbocycles. The van der Waals surface area contributed by atoms with Crippen molar-refractivity contribution in [1.29, 1.82) is 0 Å². The summed E-state index contributed by atoms with van der Waals surface area (Å²) in [6.07, 6.45) is 92.0. The molecule has 0 aliphatic rings. The van der Waals surface area contributed by atoms with Crippen LogP contribution in [-0.2, 0) is 32.7 Å². The van der Waals surface area contributed by atoms with Gasteiger partial charge in [0.25, 0.3) is 7.82 Å². The number of quaternary nitrogens is 1. The molecule has 0 radical (unpaired) electrons. The van der Waals surface area contributed by atoms with Crippen LogP contribution in [0.2, 0.25) is 0 Å². The van der Waals surface area contributed by atoms with Crippen LogP contribution in [0, 0.1) is 0 Å². The molecule has 9 nitrogen and oxygen atoms in total. The molecule has 0 fully saturated rings. The van der Waals surface area contributed by atoms with E-state index in [1.807, 2.05) is 21.1 Å². The Balaban J connectivity index is 3.93. The Labute approximate surface area is 546 Å². The van der Waals surface area contributed by atoms with E-state index in [-0.39, 0.29) is 32.0 Å². The fourth-order valence-corrected chi connectivity index (χ4v) is 12.0. The highest BCUT2D eigenvalue weighted by Gasteiger charge is 2.22. The first kappa shape index (κ1) is 85.7. The van der Waals surface area contributed by atoms with E-state index in [2.05, 4.69) is 74.6 Å². The van der Waals surface area contributed by atoms with Crippen molar-refractivity contribution in [1.82, 2.24) is 0 Å². The summed E-state index contributed by atoms with van der Waals surface area (Å²) in [7, 11) is 1.18. The molecule has 0 saturated carbocycles. The summed E-state index contributed by atoms with van der Waals surface area (Å²) in [5.41, 5.74) is 0. The largest absolute Gasteiger partial charge is 0.756 e. The van der Waals surface area contributed by atoms with Crippen molar-refractivity contribution in [2.24, 2.45) is 0 Å². The van der Waals surface area contributed by atoms with Gasteiger partial charge in [-0.05, 0) is 57.8 Å². The van der Waals surface area contributed by atoms with Crippen molar-refractivity contribution < 1.29 is 42.1 Å². The molecule has 10 heteroatoms. The van der Waals surface area contributed by atoms with Gasteiger partial charge >= 0.3 is 11.9 Å². The minimum absolute atomic E-state index is 0.0313. The number of phosphoric ester groups is 1. The standard InChI is InChI=1S/C78H146NO8P/c1-6-8-10-12-14-16-18-20-22-24-26-28-30-32-34-35-36-37-38-39-40-41-42-43-45-46-48-50-52-54-56-58-60-62-64-66-68-70-77(80)84-74-76(75-86-88(82,83)85-73-72-79(3,4)5)87-78(81)71-69-67-65-63-61-59-57-55-53-51-49-47-44-33-31-29-27-25-23-21-19-17-15-13-11-9-7-2/h9,11,15,17,21,23,27,29,33,44,76H,6-8,10,12-14,16,18-20,22,24-26,28,30-32,34-43,45-75H2,1-5H3/b11-9-,17-15-,23-21-,29-27-,44-33-. The van der Waals surface area contributed by atoms with Crippen LogP contribution in [0.4, 0.5) is 0 Å². The molecule has 2 atom stereocenters. The molecule has 0 aromatic heterocycles. The van der Waals surface area contributed by atoms with Crippen LogP contribution in [-0.4, -0.2) is 70.0 Å². The second-order valence-electron chi connectivity index (χ2n) is 27.0. The number of phosphoric acid groups is 1. The number of allylic oxidation sites excluding steroid dienone is 10. The summed E-state index contributed by atoms with van der Waals surface area (Å²) in [6.45, 7) is 4.18. The zero-order chi connectivity index (χ0) is 64.1. The third-order valence-corrected chi connectivity index (χ3v) is 18.0. The molecule has 0 bridgehead atoms. The first-order chi connectivity index (χ1) is 43.0. The average molecular weight is 1260 g/mol. The van der Waals surface area contributed by atoms with Gasteiger partial charge in [-0.25, -0.2) is 0 Å². The number of rotatable bonds is 71. The lowest BCUT2D eigenvalue weighted by atomic mass is 10.0. The van der Waals surface area contributed by atoms with Crippen molar-refractivity contribution >= 4 is 19.8 Å². The van der Waals surface area contributed by atoms with Gasteiger partial charge in [0.1, 0.15) is 19.8 Å². The maximum absolute atomic E-state index is 12.9. The maximum atomic E-state index is 12.9. The van der Waals surface area contributed by atoms with Gasteiger partial charge in [0.05, 0.1) is 27.7 Å². The Hall–Kier alpha value is -2.29. The zero-order valence-corrected chi connectivity index (χ0v) is 59.8. The zero-order valence-electron chi connectivity index (χ0n) is 58.9. The minimum atomic E-state index is -4.64. The molecule has 0 rings (SSSR count). The topological polar surface area (TPSA) is 111 Å². The van der Waals surface area contributed by atoms with Crippen LogP contribution < -0.4 is 4.89 Å². The summed E-state index contributed by atoms with van der Waals surface area (Å²) in [5.74, 6) is -0.821. The summed E-state index contributed by atoms with van der Waals surface area (Å²) < 4.78 is 34.4. The molecule has 0 heterocycles. The highest BCUT2D eigenvalue weighted by molar-refractivity contribution is 7.45. The number of hydrogen-bond acceptors (Lipinski definition) is 8. The third-order valence-electron chi connectivity index (χ3n) is 17.1. The lowest BCUT2D eigenvalue weighted by Crippen LogP contribution is -2.37.